The molecule has 112 valence electrons. The molecule has 0 unspecified atom stereocenters. The van der Waals surface area contributed by atoms with E-state index in [0.717, 1.165) is 0 Å². The van der Waals surface area contributed by atoms with E-state index in [1.165, 1.54) is 6.92 Å². The van der Waals surface area contributed by atoms with Crippen LogP contribution >= 0.6 is 0 Å². The van der Waals surface area contributed by atoms with Crippen LogP contribution in [0.2, 0.25) is 0 Å². The van der Waals surface area contributed by atoms with Gasteiger partial charge in [-0.3, -0.25) is 0 Å². The van der Waals surface area contributed by atoms with E-state index in [-0.39, 0.29) is 12.3 Å². The highest BCUT2D eigenvalue weighted by molar-refractivity contribution is 5.89. The van der Waals surface area contributed by atoms with Crippen molar-refractivity contribution in [1.29, 1.82) is 0 Å². The van der Waals surface area contributed by atoms with Gasteiger partial charge >= 0.3 is 12.1 Å². The van der Waals surface area contributed by atoms with Crippen LogP contribution in [0.4, 0.5) is 22.0 Å². The van der Waals surface area contributed by atoms with E-state index in [1.807, 2.05) is 0 Å². The van der Waals surface area contributed by atoms with Gasteiger partial charge in [0.25, 0.3) is 6.43 Å². The molecular weight excluding hydrogens is 287 g/mol. The molecule has 0 aliphatic heterocycles. The molecule has 0 fully saturated rings. The summed E-state index contributed by atoms with van der Waals surface area (Å²) >= 11 is 0. The molecule has 0 saturated carbocycles. The van der Waals surface area contributed by atoms with Gasteiger partial charge in [-0.05, 0) is 13.0 Å². The van der Waals surface area contributed by atoms with Crippen LogP contribution in [0.5, 0.6) is 0 Å². The molecule has 0 atom stereocenters. The summed E-state index contributed by atoms with van der Waals surface area (Å²) in [6, 6.07) is 0.407. The molecule has 1 aromatic heterocycles. The maximum absolute atomic E-state index is 12.9. The van der Waals surface area contributed by atoms with E-state index in [9.17, 15) is 26.7 Å². The first kappa shape index (κ1) is 16.3. The van der Waals surface area contributed by atoms with Crippen LogP contribution in [-0.4, -0.2) is 17.6 Å². The Balaban J connectivity index is 3.59. The fraction of sp³-hybridized carbons (Fsp3) is 0.455. The first-order valence-electron chi connectivity index (χ1n) is 5.48. The van der Waals surface area contributed by atoms with E-state index in [2.05, 4.69) is 9.72 Å². The highest BCUT2D eigenvalue weighted by atomic mass is 19.4. The Morgan fingerprint density at radius 3 is 2.45 bits per heavy atom. The van der Waals surface area contributed by atoms with Gasteiger partial charge in [0.05, 0.1) is 23.4 Å². The molecule has 20 heavy (non-hydrogen) atoms. The molecule has 9 heteroatoms. The average molecular weight is 298 g/mol. The summed E-state index contributed by atoms with van der Waals surface area (Å²) in [6.07, 6.45) is -8.58. The van der Waals surface area contributed by atoms with Crippen molar-refractivity contribution >= 4 is 5.97 Å². The normalized spacial score (nSPS) is 11.8. The molecule has 4 nitrogen and oxygen atoms in total. The number of nitrogens with zero attached hydrogens (tertiary/aromatic N) is 1. The molecular formula is C11H11F5N2O2. The summed E-state index contributed by atoms with van der Waals surface area (Å²) in [5.41, 5.74) is 0.649. The summed E-state index contributed by atoms with van der Waals surface area (Å²) in [6.45, 7) is 0.772. The zero-order valence-electron chi connectivity index (χ0n) is 10.3. The molecule has 1 rings (SSSR count). The molecule has 2 N–H and O–H groups in total. The van der Waals surface area contributed by atoms with Crippen LogP contribution in [0.25, 0.3) is 0 Å². The van der Waals surface area contributed by atoms with E-state index < -0.39 is 41.9 Å². The standard InChI is InChI=1S/C11H11F5N2O2/c1-2-20-10(19)8-7(9(12)13)6(11(14,15)16)3-5(4-17)18-8/h3,9H,2,4,17H2,1H3. The lowest BCUT2D eigenvalue weighted by Crippen LogP contribution is -2.20. The van der Waals surface area contributed by atoms with Crippen LogP contribution in [0, 0.1) is 0 Å². The molecule has 0 saturated heterocycles. The van der Waals surface area contributed by atoms with Crippen molar-refractivity contribution in [1.82, 2.24) is 4.98 Å². The number of hydrogen-bond donors (Lipinski definition) is 1. The minimum Gasteiger partial charge on any atom is -0.461 e. The van der Waals surface area contributed by atoms with Gasteiger partial charge < -0.3 is 10.5 Å². The van der Waals surface area contributed by atoms with Crippen molar-refractivity contribution in [3.8, 4) is 0 Å². The van der Waals surface area contributed by atoms with E-state index in [0.29, 0.717) is 6.07 Å². The van der Waals surface area contributed by atoms with E-state index in [4.69, 9.17) is 5.73 Å². The molecule has 0 aliphatic carbocycles. The Morgan fingerprint density at radius 1 is 1.45 bits per heavy atom. The third-order valence-corrected chi connectivity index (χ3v) is 2.31. The predicted octanol–water partition coefficient (Wildman–Crippen LogP) is 2.67. The smallest absolute Gasteiger partial charge is 0.417 e. The maximum Gasteiger partial charge on any atom is 0.417 e. The molecule has 1 heterocycles. The monoisotopic (exact) mass is 298 g/mol. The zero-order valence-corrected chi connectivity index (χ0v) is 10.3. The second kappa shape index (κ2) is 6.12. The van der Waals surface area contributed by atoms with Gasteiger partial charge in [-0.25, -0.2) is 18.6 Å². The molecule has 0 radical (unpaired) electrons. The summed E-state index contributed by atoms with van der Waals surface area (Å²) < 4.78 is 68.6. The van der Waals surface area contributed by atoms with Gasteiger partial charge in [-0.1, -0.05) is 0 Å². The highest BCUT2D eigenvalue weighted by Crippen LogP contribution is 2.38. The van der Waals surface area contributed by atoms with Crippen molar-refractivity contribution < 1.29 is 31.5 Å². The number of hydrogen-bond acceptors (Lipinski definition) is 4. The van der Waals surface area contributed by atoms with Crippen LogP contribution in [0.15, 0.2) is 6.07 Å². The molecule has 0 aliphatic rings. The Bertz CT molecular complexity index is 502. The first-order valence-corrected chi connectivity index (χ1v) is 5.48. The maximum atomic E-state index is 12.9. The van der Waals surface area contributed by atoms with E-state index in [1.54, 1.807) is 0 Å². The lowest BCUT2D eigenvalue weighted by molar-refractivity contribution is -0.139. The fourth-order valence-corrected chi connectivity index (χ4v) is 1.52. The first-order chi connectivity index (χ1) is 9.22. The van der Waals surface area contributed by atoms with Crippen molar-refractivity contribution in [2.75, 3.05) is 6.61 Å². The molecule has 1 aromatic rings. The number of carbonyl (C=O) groups excluding carboxylic acids is 1. The largest absolute Gasteiger partial charge is 0.461 e. The summed E-state index contributed by atoms with van der Waals surface area (Å²) in [4.78, 5) is 14.9. The number of halogens is 5. The minimum atomic E-state index is -5.06. The zero-order chi connectivity index (χ0) is 15.5. The van der Waals surface area contributed by atoms with Gasteiger partial charge in [0.15, 0.2) is 5.69 Å². The van der Waals surface area contributed by atoms with Gasteiger partial charge in [0.1, 0.15) is 0 Å². The molecule has 0 aromatic carbocycles. The third-order valence-electron chi connectivity index (χ3n) is 2.31. The third kappa shape index (κ3) is 3.41. The second-order valence-electron chi connectivity index (χ2n) is 3.65. The number of ether oxygens (including phenoxy) is 1. The van der Waals surface area contributed by atoms with Crippen LogP contribution in [-0.2, 0) is 17.5 Å². The van der Waals surface area contributed by atoms with Crippen LogP contribution < -0.4 is 5.73 Å². The van der Waals surface area contributed by atoms with Crippen molar-refractivity contribution in [3.05, 3.63) is 28.6 Å². The number of nitrogens with two attached hydrogens (primary N) is 1. The Hall–Kier alpha value is -1.77. The van der Waals surface area contributed by atoms with Gasteiger partial charge in [0, 0.05) is 6.54 Å². The summed E-state index contributed by atoms with van der Waals surface area (Å²) in [5, 5.41) is 0. The fourth-order valence-electron chi connectivity index (χ4n) is 1.52. The van der Waals surface area contributed by atoms with Gasteiger partial charge in [-0.2, -0.15) is 13.2 Å². The Morgan fingerprint density at radius 2 is 2.05 bits per heavy atom. The lowest BCUT2D eigenvalue weighted by atomic mass is 10.0. The second-order valence-corrected chi connectivity index (χ2v) is 3.65. The number of pyridine rings is 1. The van der Waals surface area contributed by atoms with Crippen LogP contribution in [0.1, 0.15) is 40.7 Å². The van der Waals surface area contributed by atoms with Crippen molar-refractivity contribution in [2.24, 2.45) is 5.73 Å². The number of alkyl halides is 5. The summed E-state index contributed by atoms with van der Waals surface area (Å²) in [5.74, 6) is -1.34. The van der Waals surface area contributed by atoms with Crippen LogP contribution in [0.3, 0.4) is 0 Å². The number of esters is 1. The number of rotatable bonds is 4. The van der Waals surface area contributed by atoms with E-state index >= 15 is 0 Å². The lowest BCUT2D eigenvalue weighted by Gasteiger charge is -2.16. The average Bonchev–Trinajstić information content (AvgIpc) is 2.36. The predicted molar refractivity (Wildman–Crippen MR) is 58.0 cm³/mol. The number of aromatic nitrogens is 1. The minimum absolute atomic E-state index is 0.183. The Labute approximate surface area is 110 Å². The Kier molecular flexibility index (Phi) is 4.98. The van der Waals surface area contributed by atoms with Crippen molar-refractivity contribution in [2.45, 2.75) is 26.1 Å². The highest BCUT2D eigenvalue weighted by Gasteiger charge is 2.39. The van der Waals surface area contributed by atoms with Crippen molar-refractivity contribution in [3.63, 3.8) is 0 Å². The molecule has 0 spiro atoms. The quantitative estimate of drug-likeness (QED) is 0.685. The molecule has 0 amide bonds. The number of carbonyl (C=O) groups is 1. The SMILES string of the molecule is CCOC(=O)c1nc(CN)cc(C(F)(F)F)c1C(F)F. The summed E-state index contributed by atoms with van der Waals surface area (Å²) in [7, 11) is 0. The molecule has 0 bridgehead atoms. The topological polar surface area (TPSA) is 65.2 Å². The van der Waals surface area contributed by atoms with Gasteiger partial charge in [-0.15, -0.1) is 0 Å². The van der Waals surface area contributed by atoms with Gasteiger partial charge in [0.2, 0.25) is 0 Å².